The molecular formula is C18H19ClFN7S. The molecule has 1 saturated heterocycles. The first-order valence-electron chi connectivity index (χ1n) is 8.83. The molecule has 0 spiro atoms. The Morgan fingerprint density at radius 2 is 1.96 bits per heavy atom. The Bertz CT molecular complexity index is 1010. The molecule has 3 aromatic rings. The summed E-state index contributed by atoms with van der Waals surface area (Å²) in [5, 5.41) is 1.13. The van der Waals surface area contributed by atoms with Crippen molar-refractivity contribution in [1.82, 2.24) is 19.9 Å². The number of nitrogens with two attached hydrogens (primary N) is 2. The van der Waals surface area contributed by atoms with Crippen LogP contribution in [0.4, 0.5) is 16.0 Å². The normalized spacial score (nSPS) is 16.5. The second-order valence-corrected chi connectivity index (χ2v) is 8.11. The first kappa shape index (κ1) is 19.1. The van der Waals surface area contributed by atoms with Crippen LogP contribution in [0, 0.1) is 0 Å². The summed E-state index contributed by atoms with van der Waals surface area (Å²) in [6.45, 7) is 1.19. The lowest BCUT2D eigenvalue weighted by molar-refractivity contribution is 0.135. The van der Waals surface area contributed by atoms with Gasteiger partial charge in [-0.3, -0.25) is 0 Å². The molecular weight excluding hydrogens is 401 g/mol. The van der Waals surface area contributed by atoms with Crippen molar-refractivity contribution in [3.8, 4) is 0 Å². The number of aromatic nitrogens is 4. The second-order valence-electron chi connectivity index (χ2n) is 6.67. The van der Waals surface area contributed by atoms with E-state index < -0.39 is 5.67 Å². The van der Waals surface area contributed by atoms with Crippen molar-refractivity contribution in [3.63, 3.8) is 0 Å². The first-order valence-corrected chi connectivity index (χ1v) is 10.0. The van der Waals surface area contributed by atoms with Crippen LogP contribution in [0.5, 0.6) is 0 Å². The number of nitrogen functional groups attached to an aromatic ring is 1. The predicted molar refractivity (Wildman–Crippen MR) is 109 cm³/mol. The lowest BCUT2D eigenvalue weighted by Crippen LogP contribution is -2.46. The Morgan fingerprint density at radius 3 is 2.71 bits per heavy atom. The summed E-state index contributed by atoms with van der Waals surface area (Å²) < 4.78 is 14.3. The molecule has 146 valence electrons. The van der Waals surface area contributed by atoms with E-state index >= 15 is 0 Å². The van der Waals surface area contributed by atoms with Crippen LogP contribution < -0.4 is 16.4 Å². The van der Waals surface area contributed by atoms with E-state index in [9.17, 15) is 4.39 Å². The van der Waals surface area contributed by atoms with E-state index in [-0.39, 0.29) is 12.4 Å². The van der Waals surface area contributed by atoms with Gasteiger partial charge in [0.2, 0.25) is 0 Å². The van der Waals surface area contributed by atoms with Crippen LogP contribution >= 0.6 is 23.4 Å². The Labute approximate surface area is 170 Å². The summed E-state index contributed by atoms with van der Waals surface area (Å²) in [5.74, 6) is 1.00. The quantitative estimate of drug-likeness (QED) is 0.664. The van der Waals surface area contributed by atoms with Crippen molar-refractivity contribution in [2.24, 2.45) is 5.73 Å². The summed E-state index contributed by atoms with van der Waals surface area (Å²) >= 11 is 7.58. The van der Waals surface area contributed by atoms with Gasteiger partial charge >= 0.3 is 0 Å². The molecule has 0 aromatic carbocycles. The maximum atomic E-state index is 14.3. The number of hydrogen-bond acceptors (Lipinski definition) is 8. The number of alkyl halides is 1. The highest BCUT2D eigenvalue weighted by atomic mass is 35.5. The van der Waals surface area contributed by atoms with E-state index in [4.69, 9.17) is 23.1 Å². The lowest BCUT2D eigenvalue weighted by atomic mass is 9.93. The van der Waals surface area contributed by atoms with Crippen molar-refractivity contribution in [2.45, 2.75) is 28.4 Å². The molecule has 10 heteroatoms. The van der Waals surface area contributed by atoms with Crippen LogP contribution in [0.3, 0.4) is 0 Å². The van der Waals surface area contributed by atoms with Crippen molar-refractivity contribution >= 4 is 46.2 Å². The summed E-state index contributed by atoms with van der Waals surface area (Å²) in [6, 6.07) is 5.51. The van der Waals surface area contributed by atoms with Crippen LogP contribution in [-0.2, 0) is 0 Å². The van der Waals surface area contributed by atoms with E-state index in [0.717, 1.165) is 15.7 Å². The van der Waals surface area contributed by atoms with E-state index in [2.05, 4.69) is 19.9 Å². The fraction of sp³-hybridized carbons (Fsp3) is 0.333. The molecule has 0 amide bonds. The summed E-state index contributed by atoms with van der Waals surface area (Å²) in [6.07, 6.45) is 4.07. The number of hydrogen-bond donors (Lipinski definition) is 2. The number of piperidine rings is 1. The minimum Gasteiger partial charge on any atom is -0.382 e. The molecule has 1 aliphatic heterocycles. The molecule has 4 N–H and O–H groups in total. The number of nitrogens with zero attached hydrogens (tertiary/aromatic N) is 5. The molecule has 0 bridgehead atoms. The van der Waals surface area contributed by atoms with Gasteiger partial charge in [-0.2, -0.15) is 0 Å². The molecule has 4 heterocycles. The van der Waals surface area contributed by atoms with Gasteiger partial charge in [-0.1, -0.05) is 23.4 Å². The number of pyridine rings is 2. The zero-order valence-corrected chi connectivity index (χ0v) is 16.5. The van der Waals surface area contributed by atoms with Crippen LogP contribution in [-0.4, -0.2) is 45.2 Å². The fourth-order valence-electron chi connectivity index (χ4n) is 3.06. The van der Waals surface area contributed by atoms with Gasteiger partial charge in [0.05, 0.1) is 11.2 Å². The molecule has 0 radical (unpaired) electrons. The highest BCUT2D eigenvalue weighted by Gasteiger charge is 2.33. The van der Waals surface area contributed by atoms with E-state index in [1.54, 1.807) is 18.5 Å². The highest BCUT2D eigenvalue weighted by Crippen LogP contribution is 2.35. The third-order valence-electron chi connectivity index (χ3n) is 4.81. The standard InChI is InChI=1S/C18H19ClFN7S/c19-15-12(3-6-23-16(15)22)28-14-2-1-11-17(26-14)24-9-13(25-11)27-7-4-18(20,10-21)5-8-27/h1-3,6,9H,4-5,7-8,10,21H2,(H2,22,23). The Hall–Kier alpha value is -2.23. The SMILES string of the molecule is NCC1(F)CCN(c2cnc3nc(Sc4ccnc(N)c4Cl)ccc3n2)CC1. The average molecular weight is 420 g/mol. The zero-order chi connectivity index (χ0) is 19.7. The van der Waals surface area contributed by atoms with Gasteiger partial charge in [0.15, 0.2) is 5.65 Å². The zero-order valence-electron chi connectivity index (χ0n) is 15.0. The molecule has 1 aliphatic rings. The molecule has 1 fully saturated rings. The fourth-order valence-corrected chi connectivity index (χ4v) is 4.10. The monoisotopic (exact) mass is 419 g/mol. The molecule has 0 unspecified atom stereocenters. The van der Waals surface area contributed by atoms with Gasteiger partial charge in [0.25, 0.3) is 0 Å². The summed E-state index contributed by atoms with van der Waals surface area (Å²) in [4.78, 5) is 20.4. The lowest BCUT2D eigenvalue weighted by Gasteiger charge is -2.36. The largest absolute Gasteiger partial charge is 0.382 e. The third-order valence-corrected chi connectivity index (χ3v) is 6.32. The topological polar surface area (TPSA) is 107 Å². The van der Waals surface area contributed by atoms with Crippen molar-refractivity contribution < 1.29 is 4.39 Å². The van der Waals surface area contributed by atoms with Crippen molar-refractivity contribution in [3.05, 3.63) is 35.6 Å². The Morgan fingerprint density at radius 1 is 1.18 bits per heavy atom. The number of anilines is 2. The molecule has 3 aromatic heterocycles. The second kappa shape index (κ2) is 7.65. The van der Waals surface area contributed by atoms with Gasteiger partial charge in [0, 0.05) is 43.6 Å². The van der Waals surface area contributed by atoms with Crippen LogP contribution in [0.2, 0.25) is 5.02 Å². The molecule has 0 atom stereocenters. The summed E-state index contributed by atoms with van der Waals surface area (Å²) in [7, 11) is 0. The van der Waals surface area contributed by atoms with E-state index in [0.29, 0.717) is 42.1 Å². The van der Waals surface area contributed by atoms with Gasteiger partial charge in [-0.05, 0) is 18.2 Å². The van der Waals surface area contributed by atoms with Gasteiger partial charge in [-0.25, -0.2) is 24.3 Å². The Balaban J connectivity index is 1.54. The summed E-state index contributed by atoms with van der Waals surface area (Å²) in [5.41, 5.74) is 11.2. The third kappa shape index (κ3) is 3.82. The molecule has 0 saturated carbocycles. The minimum atomic E-state index is -1.27. The molecule has 7 nitrogen and oxygen atoms in total. The van der Waals surface area contributed by atoms with Crippen LogP contribution in [0.25, 0.3) is 11.2 Å². The van der Waals surface area contributed by atoms with Crippen molar-refractivity contribution in [2.75, 3.05) is 30.3 Å². The van der Waals surface area contributed by atoms with E-state index in [1.807, 2.05) is 17.0 Å². The van der Waals surface area contributed by atoms with E-state index in [1.165, 1.54) is 11.8 Å². The smallest absolute Gasteiger partial charge is 0.179 e. The molecule has 4 rings (SSSR count). The highest BCUT2D eigenvalue weighted by molar-refractivity contribution is 7.99. The maximum Gasteiger partial charge on any atom is 0.179 e. The van der Waals surface area contributed by atoms with Crippen LogP contribution in [0.1, 0.15) is 12.8 Å². The van der Waals surface area contributed by atoms with Gasteiger partial charge in [0.1, 0.15) is 27.8 Å². The number of fused-ring (bicyclic) bond motifs is 1. The molecule has 0 aliphatic carbocycles. The predicted octanol–water partition coefficient (Wildman–Crippen LogP) is 3.07. The van der Waals surface area contributed by atoms with Crippen LogP contribution in [0.15, 0.2) is 40.5 Å². The first-order chi connectivity index (χ1) is 13.5. The van der Waals surface area contributed by atoms with Gasteiger partial charge in [-0.15, -0.1) is 0 Å². The molecule has 28 heavy (non-hydrogen) atoms. The number of halogens is 2. The number of rotatable bonds is 4. The average Bonchev–Trinajstić information content (AvgIpc) is 2.72. The Kier molecular flexibility index (Phi) is 5.22. The van der Waals surface area contributed by atoms with Gasteiger partial charge < -0.3 is 16.4 Å². The minimum absolute atomic E-state index is 0.0573. The maximum absolute atomic E-state index is 14.3. The van der Waals surface area contributed by atoms with Crippen molar-refractivity contribution in [1.29, 1.82) is 0 Å².